The lowest BCUT2D eigenvalue weighted by molar-refractivity contribution is -0.128. The number of carbonyl (C=O) groups excluding carboxylic acids is 1. The number of hydrogen-bond acceptors (Lipinski definition) is 2. The largest absolute Gasteiger partial charge is 0.357 e. The second-order valence-electron chi connectivity index (χ2n) is 6.26. The van der Waals surface area contributed by atoms with Crippen LogP contribution in [0.15, 0.2) is 29.3 Å². The minimum Gasteiger partial charge on any atom is -0.357 e. The van der Waals surface area contributed by atoms with Gasteiger partial charge in [0, 0.05) is 25.0 Å². The van der Waals surface area contributed by atoms with Gasteiger partial charge in [-0.2, -0.15) is 0 Å². The molecule has 3 N–H and O–H groups in total. The molecule has 0 heterocycles. The van der Waals surface area contributed by atoms with Crippen LogP contribution in [0.4, 0.5) is 4.39 Å². The number of hydrogen-bond donors (Lipinski definition) is 3. The molecule has 1 amide bonds. The molecule has 0 unspecified atom stereocenters. The van der Waals surface area contributed by atoms with E-state index in [1.165, 1.54) is 12.1 Å². The molecule has 0 saturated heterocycles. The highest BCUT2D eigenvalue weighted by atomic mass is 19.1. The van der Waals surface area contributed by atoms with Gasteiger partial charge in [-0.25, -0.2) is 9.38 Å². The normalized spacial score (nSPS) is 12.0. The van der Waals surface area contributed by atoms with Crippen LogP contribution in [0.1, 0.15) is 33.3 Å². The van der Waals surface area contributed by atoms with Crippen LogP contribution in [0.25, 0.3) is 0 Å². The Hall–Kier alpha value is -2.11. The van der Waals surface area contributed by atoms with Gasteiger partial charge in [0.25, 0.3) is 0 Å². The Kier molecular flexibility index (Phi) is 7.51. The summed E-state index contributed by atoms with van der Waals surface area (Å²) in [5.41, 5.74) is 0.416. The smallest absolute Gasteiger partial charge is 0.225 e. The third-order valence-corrected chi connectivity index (χ3v) is 3.04. The maximum absolute atomic E-state index is 13.1. The summed E-state index contributed by atoms with van der Waals surface area (Å²) in [7, 11) is 0. The van der Waals surface area contributed by atoms with E-state index in [0.29, 0.717) is 25.6 Å². The third kappa shape index (κ3) is 7.63. The van der Waals surface area contributed by atoms with Gasteiger partial charge < -0.3 is 16.0 Å². The Balaban J connectivity index is 2.45. The molecule has 1 aromatic carbocycles. The van der Waals surface area contributed by atoms with Crippen LogP contribution in [0.3, 0.4) is 0 Å². The molecule has 0 fully saturated rings. The van der Waals surface area contributed by atoms with E-state index >= 15 is 0 Å². The molecule has 23 heavy (non-hydrogen) atoms. The molecule has 0 radical (unpaired) electrons. The van der Waals surface area contributed by atoms with Gasteiger partial charge in [-0.3, -0.25) is 4.79 Å². The molecular weight excluding hydrogens is 295 g/mol. The molecule has 0 aliphatic rings. The summed E-state index contributed by atoms with van der Waals surface area (Å²) in [6.07, 6.45) is 0. The van der Waals surface area contributed by atoms with Gasteiger partial charge in [0.2, 0.25) is 5.91 Å². The summed E-state index contributed by atoms with van der Waals surface area (Å²) in [5, 5.41) is 9.13. The minimum atomic E-state index is -0.393. The zero-order valence-electron chi connectivity index (χ0n) is 14.4. The highest BCUT2D eigenvalue weighted by molar-refractivity contribution is 5.81. The van der Waals surface area contributed by atoms with Crippen LogP contribution in [0, 0.1) is 11.2 Å². The van der Waals surface area contributed by atoms with Crippen LogP contribution in [0.2, 0.25) is 0 Å². The summed E-state index contributed by atoms with van der Waals surface area (Å²) in [4.78, 5) is 16.2. The Morgan fingerprint density at radius 3 is 2.48 bits per heavy atom. The first kappa shape index (κ1) is 18.9. The van der Waals surface area contributed by atoms with Gasteiger partial charge in [-0.1, -0.05) is 32.9 Å². The average Bonchev–Trinajstić information content (AvgIpc) is 2.47. The van der Waals surface area contributed by atoms with Gasteiger partial charge in [-0.05, 0) is 24.6 Å². The van der Waals surface area contributed by atoms with E-state index in [2.05, 4.69) is 20.9 Å². The molecule has 6 heteroatoms. The Bertz CT molecular complexity index is 538. The molecule has 128 valence electrons. The summed E-state index contributed by atoms with van der Waals surface area (Å²) in [6, 6.07) is 6.38. The lowest BCUT2D eigenvalue weighted by atomic mass is 9.96. The predicted molar refractivity (Wildman–Crippen MR) is 91.7 cm³/mol. The van der Waals surface area contributed by atoms with E-state index in [1.807, 2.05) is 33.8 Å². The Morgan fingerprint density at radius 1 is 1.17 bits per heavy atom. The highest BCUT2D eigenvalue weighted by Crippen LogP contribution is 2.11. The maximum Gasteiger partial charge on any atom is 0.225 e. The van der Waals surface area contributed by atoms with Gasteiger partial charge >= 0.3 is 0 Å². The van der Waals surface area contributed by atoms with E-state index in [-0.39, 0.29) is 11.7 Å². The van der Waals surface area contributed by atoms with Crippen molar-refractivity contribution in [3.05, 3.63) is 35.6 Å². The number of halogens is 1. The van der Waals surface area contributed by atoms with E-state index in [9.17, 15) is 9.18 Å². The van der Waals surface area contributed by atoms with Crippen molar-refractivity contribution in [2.75, 3.05) is 19.6 Å². The van der Waals surface area contributed by atoms with E-state index < -0.39 is 5.41 Å². The monoisotopic (exact) mass is 322 g/mol. The summed E-state index contributed by atoms with van der Waals surface area (Å²) in [5.74, 6) is 0.392. The van der Waals surface area contributed by atoms with Crippen LogP contribution in [-0.2, 0) is 11.3 Å². The Labute approximate surface area is 137 Å². The molecule has 5 nitrogen and oxygen atoms in total. The van der Waals surface area contributed by atoms with Crippen molar-refractivity contribution in [2.24, 2.45) is 10.4 Å². The molecule has 1 aromatic rings. The van der Waals surface area contributed by atoms with E-state index in [0.717, 1.165) is 12.1 Å². The molecule has 0 spiro atoms. The number of aliphatic imine (C=N–C) groups is 1. The van der Waals surface area contributed by atoms with Gasteiger partial charge in [0.15, 0.2) is 5.96 Å². The lowest BCUT2D eigenvalue weighted by Crippen LogP contribution is -2.43. The molecule has 0 aromatic heterocycles. The number of rotatable bonds is 6. The second-order valence-corrected chi connectivity index (χ2v) is 6.26. The molecule has 0 aliphatic heterocycles. The summed E-state index contributed by atoms with van der Waals surface area (Å²) >= 11 is 0. The zero-order chi connectivity index (χ0) is 17.3. The number of nitrogens with zero attached hydrogens (tertiary/aromatic N) is 1. The maximum atomic E-state index is 13.1. The van der Waals surface area contributed by atoms with Gasteiger partial charge in [0.05, 0.1) is 6.54 Å². The molecule has 1 rings (SSSR count). The van der Waals surface area contributed by atoms with E-state index in [4.69, 9.17) is 0 Å². The van der Waals surface area contributed by atoms with Crippen LogP contribution in [0.5, 0.6) is 0 Å². The topological polar surface area (TPSA) is 65.5 Å². The van der Waals surface area contributed by atoms with Crippen molar-refractivity contribution in [3.63, 3.8) is 0 Å². The van der Waals surface area contributed by atoms with Crippen molar-refractivity contribution in [1.82, 2.24) is 16.0 Å². The summed E-state index contributed by atoms with van der Waals surface area (Å²) < 4.78 is 13.1. The molecule has 0 atom stereocenters. The van der Waals surface area contributed by atoms with Crippen molar-refractivity contribution >= 4 is 11.9 Å². The van der Waals surface area contributed by atoms with Crippen molar-refractivity contribution in [3.8, 4) is 0 Å². The quantitative estimate of drug-likeness (QED) is 0.427. The fourth-order valence-corrected chi connectivity index (χ4v) is 1.77. The van der Waals surface area contributed by atoms with Gasteiger partial charge in [-0.15, -0.1) is 0 Å². The van der Waals surface area contributed by atoms with Crippen LogP contribution < -0.4 is 16.0 Å². The first-order valence-electron chi connectivity index (χ1n) is 7.88. The first-order valence-corrected chi connectivity index (χ1v) is 7.88. The third-order valence-electron chi connectivity index (χ3n) is 3.04. The Morgan fingerprint density at radius 2 is 1.87 bits per heavy atom. The SMILES string of the molecule is CCNC(=NCc1cccc(F)c1)NCCNC(=O)C(C)(C)C. The van der Waals surface area contributed by atoms with Crippen molar-refractivity contribution < 1.29 is 9.18 Å². The van der Waals surface area contributed by atoms with Crippen molar-refractivity contribution in [2.45, 2.75) is 34.2 Å². The summed E-state index contributed by atoms with van der Waals surface area (Å²) in [6.45, 7) is 9.80. The fourth-order valence-electron chi connectivity index (χ4n) is 1.77. The molecular formula is C17H27FN4O. The number of amides is 1. The van der Waals surface area contributed by atoms with Crippen LogP contribution in [-0.4, -0.2) is 31.5 Å². The van der Waals surface area contributed by atoms with Gasteiger partial charge in [0.1, 0.15) is 5.82 Å². The van der Waals surface area contributed by atoms with E-state index in [1.54, 1.807) is 6.07 Å². The lowest BCUT2D eigenvalue weighted by Gasteiger charge is -2.18. The predicted octanol–water partition coefficient (Wildman–Crippen LogP) is 2.04. The molecule has 0 bridgehead atoms. The minimum absolute atomic E-state index is 0.0148. The standard InChI is InChI=1S/C17H27FN4O/c1-5-19-16(21-10-9-20-15(23)17(2,3)4)22-12-13-7-6-8-14(18)11-13/h6-8,11H,5,9-10,12H2,1-4H3,(H,20,23)(H2,19,21,22). The van der Waals surface area contributed by atoms with Crippen molar-refractivity contribution in [1.29, 1.82) is 0 Å². The first-order chi connectivity index (χ1) is 10.8. The number of guanidine groups is 1. The average molecular weight is 322 g/mol. The zero-order valence-corrected chi connectivity index (χ0v) is 14.4. The fraction of sp³-hybridized carbons (Fsp3) is 0.529. The number of nitrogens with one attached hydrogen (secondary N) is 3. The second kappa shape index (κ2) is 9.12. The number of carbonyl (C=O) groups is 1. The molecule has 0 aliphatic carbocycles. The highest BCUT2D eigenvalue weighted by Gasteiger charge is 2.20. The van der Waals surface area contributed by atoms with Crippen LogP contribution >= 0.6 is 0 Å². The molecule has 0 saturated carbocycles. The number of benzene rings is 1.